The zero-order valence-electron chi connectivity index (χ0n) is 23.4. The van der Waals surface area contributed by atoms with Gasteiger partial charge in [-0.05, 0) is 73.0 Å². The first-order valence-corrected chi connectivity index (χ1v) is 14.2. The van der Waals surface area contributed by atoms with Crippen LogP contribution in [-0.2, 0) is 24.9 Å². The standard InChI is InChI=1S/C31H28F2N2O7S/c1-17-10-20(11-18(2)29(17)40-9-8-36)28-14-23-30(42-28)24(16-35(3)31(23)37)22-12-19(15-34-43(38)39)4-6-26(22)41-27-7-5-21(32)13-25(27)33/h4-7,10-14,16,34,36H,8-9,15H2,1-3H3,(H,38,39)/p-1. The molecule has 0 spiro atoms. The second-order valence-corrected chi connectivity index (χ2v) is 10.6. The van der Waals surface area contributed by atoms with Gasteiger partial charge in [-0.3, -0.25) is 9.00 Å². The summed E-state index contributed by atoms with van der Waals surface area (Å²) in [4.78, 5) is 13.2. The van der Waals surface area contributed by atoms with Crippen molar-refractivity contribution in [1.29, 1.82) is 0 Å². The molecule has 0 radical (unpaired) electrons. The van der Waals surface area contributed by atoms with Gasteiger partial charge in [-0.2, -0.15) is 0 Å². The van der Waals surface area contributed by atoms with Gasteiger partial charge in [0.1, 0.15) is 35.3 Å². The van der Waals surface area contributed by atoms with Crippen molar-refractivity contribution in [1.82, 2.24) is 9.29 Å². The number of aliphatic hydroxyl groups is 1. The third-order valence-corrected chi connectivity index (χ3v) is 7.15. The minimum absolute atomic E-state index is 0.0458. The van der Waals surface area contributed by atoms with Gasteiger partial charge in [0.15, 0.2) is 11.6 Å². The van der Waals surface area contributed by atoms with Crippen LogP contribution in [0.25, 0.3) is 33.4 Å². The van der Waals surface area contributed by atoms with E-state index in [4.69, 9.17) is 19.0 Å². The quantitative estimate of drug-likeness (QED) is 0.203. The van der Waals surface area contributed by atoms with E-state index in [9.17, 15) is 22.3 Å². The topological polar surface area (TPSA) is 126 Å². The van der Waals surface area contributed by atoms with Gasteiger partial charge in [0.2, 0.25) is 0 Å². The van der Waals surface area contributed by atoms with Gasteiger partial charge in [0.25, 0.3) is 5.56 Å². The maximum Gasteiger partial charge on any atom is 0.261 e. The molecular formula is C31H27F2N2O7S-. The summed E-state index contributed by atoms with van der Waals surface area (Å²) < 4.78 is 71.9. The van der Waals surface area contributed by atoms with E-state index in [2.05, 4.69) is 4.72 Å². The highest BCUT2D eigenvalue weighted by molar-refractivity contribution is 7.77. The number of pyridine rings is 1. The number of ether oxygens (including phenoxy) is 2. The van der Waals surface area contributed by atoms with Crippen molar-refractivity contribution in [2.75, 3.05) is 13.2 Å². The number of hydrogen-bond acceptors (Lipinski definition) is 7. The Hall–Kier alpha value is -4.36. The first kappa shape index (κ1) is 30.1. The molecule has 0 bridgehead atoms. The van der Waals surface area contributed by atoms with E-state index in [1.165, 1.54) is 10.6 Å². The molecule has 0 aliphatic carbocycles. The van der Waals surface area contributed by atoms with E-state index in [0.29, 0.717) is 39.8 Å². The molecule has 12 heteroatoms. The first-order valence-electron chi connectivity index (χ1n) is 13.1. The van der Waals surface area contributed by atoms with Crippen LogP contribution in [0.1, 0.15) is 16.7 Å². The summed E-state index contributed by atoms with van der Waals surface area (Å²) in [5, 5.41) is 9.42. The minimum Gasteiger partial charge on any atom is -0.760 e. The Kier molecular flexibility index (Phi) is 8.74. The SMILES string of the molecule is Cc1cc(-c2cc3c(=O)n(C)cc(-c4cc(CNS(=O)[O-])ccc4Oc4ccc(F)cc4F)c3o2)cc(C)c1OCCO. The molecule has 0 amide bonds. The van der Waals surface area contributed by atoms with Gasteiger partial charge in [-0.1, -0.05) is 6.07 Å². The number of aryl methyl sites for hydroxylation is 3. The largest absolute Gasteiger partial charge is 0.760 e. The van der Waals surface area contributed by atoms with E-state index in [-0.39, 0.29) is 47.8 Å². The highest BCUT2D eigenvalue weighted by Gasteiger charge is 2.21. The second-order valence-electron chi connectivity index (χ2n) is 9.89. The fourth-order valence-electron chi connectivity index (χ4n) is 4.86. The third kappa shape index (κ3) is 6.37. The molecule has 3 aromatic carbocycles. The molecule has 0 saturated heterocycles. The van der Waals surface area contributed by atoms with Crippen LogP contribution in [0.2, 0.25) is 0 Å². The van der Waals surface area contributed by atoms with Gasteiger partial charge >= 0.3 is 0 Å². The van der Waals surface area contributed by atoms with Crippen LogP contribution in [0.5, 0.6) is 17.2 Å². The normalized spacial score (nSPS) is 12.1. The van der Waals surface area contributed by atoms with E-state index in [0.717, 1.165) is 23.3 Å². The molecule has 0 aliphatic heterocycles. The third-order valence-electron chi connectivity index (χ3n) is 6.77. The molecule has 5 rings (SSSR count). The van der Waals surface area contributed by atoms with Crippen LogP contribution >= 0.6 is 0 Å². The molecule has 0 saturated carbocycles. The predicted octanol–water partition coefficient (Wildman–Crippen LogP) is 5.41. The van der Waals surface area contributed by atoms with Crippen molar-refractivity contribution in [3.8, 4) is 39.7 Å². The molecule has 1 atom stereocenters. The fraction of sp³-hybridized carbons (Fsp3) is 0.194. The van der Waals surface area contributed by atoms with Gasteiger partial charge < -0.3 is 28.1 Å². The number of aromatic nitrogens is 1. The minimum atomic E-state index is -2.52. The van der Waals surface area contributed by atoms with Crippen molar-refractivity contribution in [2.45, 2.75) is 20.4 Å². The van der Waals surface area contributed by atoms with Crippen molar-refractivity contribution in [3.05, 3.63) is 99.5 Å². The molecule has 2 heterocycles. The van der Waals surface area contributed by atoms with E-state index in [1.54, 1.807) is 31.4 Å². The summed E-state index contributed by atoms with van der Waals surface area (Å²) in [6, 6.07) is 13.0. The van der Waals surface area contributed by atoms with Crippen LogP contribution in [0.4, 0.5) is 8.78 Å². The number of halogens is 2. The number of nitrogens with one attached hydrogen (secondary N) is 1. The maximum absolute atomic E-state index is 14.6. The molecule has 9 nitrogen and oxygen atoms in total. The van der Waals surface area contributed by atoms with E-state index >= 15 is 0 Å². The Morgan fingerprint density at radius 3 is 2.42 bits per heavy atom. The Morgan fingerprint density at radius 1 is 1.02 bits per heavy atom. The summed E-state index contributed by atoms with van der Waals surface area (Å²) in [7, 11) is 1.58. The molecule has 1 unspecified atom stereocenters. The van der Waals surface area contributed by atoms with Crippen LogP contribution in [0.15, 0.2) is 70.0 Å². The van der Waals surface area contributed by atoms with Gasteiger partial charge in [0, 0.05) is 53.8 Å². The molecule has 224 valence electrons. The number of benzene rings is 3. The molecule has 0 aliphatic rings. The van der Waals surface area contributed by atoms with Crippen LogP contribution in [0, 0.1) is 25.5 Å². The van der Waals surface area contributed by atoms with Crippen molar-refractivity contribution in [3.63, 3.8) is 0 Å². The predicted molar refractivity (Wildman–Crippen MR) is 157 cm³/mol. The number of aliphatic hydroxyl groups excluding tert-OH is 1. The number of rotatable bonds is 10. The lowest BCUT2D eigenvalue weighted by Gasteiger charge is -2.15. The second kappa shape index (κ2) is 12.5. The van der Waals surface area contributed by atoms with E-state index in [1.807, 2.05) is 26.0 Å². The average Bonchev–Trinajstić information content (AvgIpc) is 3.41. The molecule has 43 heavy (non-hydrogen) atoms. The summed E-state index contributed by atoms with van der Waals surface area (Å²) >= 11 is -2.52. The summed E-state index contributed by atoms with van der Waals surface area (Å²) in [5.41, 5.74) is 3.56. The highest BCUT2D eigenvalue weighted by atomic mass is 32.2. The summed E-state index contributed by atoms with van der Waals surface area (Å²) in [5.74, 6) is -0.701. The van der Waals surface area contributed by atoms with Gasteiger partial charge in [-0.15, -0.1) is 0 Å². The lowest BCUT2D eigenvalue weighted by atomic mass is 10.0. The monoisotopic (exact) mass is 609 g/mol. The summed E-state index contributed by atoms with van der Waals surface area (Å²) in [6.07, 6.45) is 1.55. The lowest BCUT2D eigenvalue weighted by Crippen LogP contribution is -2.16. The number of furan rings is 1. The molecule has 2 aromatic heterocycles. The van der Waals surface area contributed by atoms with Crippen molar-refractivity contribution < 1.29 is 36.5 Å². The highest BCUT2D eigenvalue weighted by Crippen LogP contribution is 2.40. The van der Waals surface area contributed by atoms with E-state index < -0.39 is 22.9 Å². The Labute approximate surface area is 247 Å². The number of fused-ring (bicyclic) bond motifs is 1. The average molecular weight is 610 g/mol. The first-order chi connectivity index (χ1) is 20.5. The Balaban J connectivity index is 1.68. The van der Waals surface area contributed by atoms with Crippen LogP contribution in [0.3, 0.4) is 0 Å². The molecule has 2 N–H and O–H groups in total. The molecule has 5 aromatic rings. The smallest absolute Gasteiger partial charge is 0.261 e. The molecular weight excluding hydrogens is 582 g/mol. The Bertz CT molecular complexity index is 1900. The van der Waals surface area contributed by atoms with Crippen molar-refractivity contribution in [2.24, 2.45) is 7.05 Å². The summed E-state index contributed by atoms with van der Waals surface area (Å²) in [6.45, 7) is 3.71. The zero-order valence-corrected chi connectivity index (χ0v) is 24.2. The van der Waals surface area contributed by atoms with Gasteiger partial charge in [0.05, 0.1) is 12.0 Å². The number of hydrogen-bond donors (Lipinski definition) is 2. The Morgan fingerprint density at radius 2 is 1.74 bits per heavy atom. The van der Waals surface area contributed by atoms with Crippen molar-refractivity contribution >= 4 is 22.2 Å². The zero-order chi connectivity index (χ0) is 30.8. The van der Waals surface area contributed by atoms with Crippen LogP contribution in [-0.4, -0.2) is 31.6 Å². The van der Waals surface area contributed by atoms with Gasteiger partial charge in [-0.25, -0.2) is 13.5 Å². The maximum atomic E-state index is 14.6. The lowest BCUT2D eigenvalue weighted by molar-refractivity contribution is 0.200. The molecule has 0 fully saturated rings. The van der Waals surface area contributed by atoms with Crippen LogP contribution < -0.4 is 19.8 Å². The number of nitrogens with zero attached hydrogens (tertiary/aromatic N) is 1. The fourth-order valence-corrected chi connectivity index (χ4v) is 5.14.